The summed E-state index contributed by atoms with van der Waals surface area (Å²) in [6.07, 6.45) is 0.751. The van der Waals surface area contributed by atoms with E-state index in [1.807, 2.05) is 0 Å². The van der Waals surface area contributed by atoms with E-state index in [0.29, 0.717) is 5.75 Å². The second-order valence-corrected chi connectivity index (χ2v) is 7.07. The highest BCUT2D eigenvalue weighted by Gasteiger charge is 2.27. The van der Waals surface area contributed by atoms with E-state index in [9.17, 15) is 13.2 Å². The quantitative estimate of drug-likeness (QED) is 0.708. The van der Waals surface area contributed by atoms with Gasteiger partial charge >= 0.3 is 5.97 Å². The maximum Gasteiger partial charge on any atom is 0.337 e. The fourth-order valence-electron chi connectivity index (χ4n) is 1.86. The summed E-state index contributed by atoms with van der Waals surface area (Å²) in [6.45, 7) is 0. The SMILES string of the molecule is Nc1ccc(S(=O)(=O)NC2CCSC2)c(C(=O)O)c1. The molecule has 1 unspecified atom stereocenters. The Morgan fingerprint density at radius 2 is 2.21 bits per heavy atom. The first-order valence-electron chi connectivity index (χ1n) is 5.63. The third-order valence-electron chi connectivity index (χ3n) is 2.78. The second kappa shape index (κ2) is 5.40. The average molecular weight is 302 g/mol. The largest absolute Gasteiger partial charge is 0.478 e. The fraction of sp³-hybridized carbons (Fsp3) is 0.364. The molecule has 2 rings (SSSR count). The van der Waals surface area contributed by atoms with E-state index in [2.05, 4.69) is 4.72 Å². The number of carboxylic acids is 1. The van der Waals surface area contributed by atoms with Crippen LogP contribution in [-0.4, -0.2) is 37.0 Å². The first-order chi connectivity index (χ1) is 8.90. The molecule has 104 valence electrons. The zero-order chi connectivity index (χ0) is 14.0. The molecular formula is C11H14N2O4S2. The van der Waals surface area contributed by atoms with Crippen molar-refractivity contribution < 1.29 is 18.3 Å². The molecule has 8 heteroatoms. The molecule has 19 heavy (non-hydrogen) atoms. The summed E-state index contributed by atoms with van der Waals surface area (Å²) < 4.78 is 26.9. The molecule has 1 aliphatic rings. The van der Waals surface area contributed by atoms with Gasteiger partial charge in [-0.3, -0.25) is 0 Å². The summed E-state index contributed by atoms with van der Waals surface area (Å²) in [6, 6.07) is 3.61. The predicted octanol–water partition coefficient (Wildman–Crippen LogP) is 0.751. The molecule has 0 aromatic heterocycles. The molecule has 1 heterocycles. The first-order valence-corrected chi connectivity index (χ1v) is 8.27. The van der Waals surface area contributed by atoms with Crippen molar-refractivity contribution in [2.75, 3.05) is 17.2 Å². The Labute approximate surface area is 115 Å². The molecule has 0 radical (unpaired) electrons. The predicted molar refractivity (Wildman–Crippen MR) is 73.9 cm³/mol. The highest BCUT2D eigenvalue weighted by Crippen LogP contribution is 2.22. The standard InChI is InChI=1S/C11H14N2O4S2/c12-7-1-2-10(9(5-7)11(14)15)19(16,17)13-8-3-4-18-6-8/h1-2,5,8,13H,3-4,6,12H2,(H,14,15). The number of hydrogen-bond acceptors (Lipinski definition) is 5. The second-order valence-electron chi connectivity index (χ2n) is 4.24. The first kappa shape index (κ1) is 14.2. The lowest BCUT2D eigenvalue weighted by molar-refractivity contribution is 0.0692. The van der Waals surface area contributed by atoms with Gasteiger partial charge in [-0.25, -0.2) is 17.9 Å². The van der Waals surface area contributed by atoms with Gasteiger partial charge in [0.05, 0.1) is 10.5 Å². The third kappa shape index (κ3) is 3.20. The summed E-state index contributed by atoms with van der Waals surface area (Å²) in [5.41, 5.74) is 5.40. The van der Waals surface area contributed by atoms with E-state index in [0.717, 1.165) is 18.2 Å². The van der Waals surface area contributed by atoms with Gasteiger partial charge < -0.3 is 10.8 Å². The lowest BCUT2D eigenvalue weighted by Crippen LogP contribution is -2.35. The molecule has 1 atom stereocenters. The lowest BCUT2D eigenvalue weighted by atomic mass is 10.2. The molecule has 0 saturated carbocycles. The number of nitrogen functional groups attached to an aromatic ring is 1. The molecule has 0 amide bonds. The highest BCUT2D eigenvalue weighted by atomic mass is 32.2. The topological polar surface area (TPSA) is 109 Å². The average Bonchev–Trinajstić information content (AvgIpc) is 2.80. The Kier molecular flexibility index (Phi) is 4.02. The van der Waals surface area contributed by atoms with E-state index in [1.54, 1.807) is 11.8 Å². The molecular weight excluding hydrogens is 288 g/mol. The van der Waals surface area contributed by atoms with E-state index in [-0.39, 0.29) is 22.2 Å². The minimum Gasteiger partial charge on any atom is -0.478 e. The van der Waals surface area contributed by atoms with Crippen LogP contribution < -0.4 is 10.5 Å². The van der Waals surface area contributed by atoms with Crippen LogP contribution in [0.25, 0.3) is 0 Å². The third-order valence-corrected chi connectivity index (χ3v) is 5.52. The lowest BCUT2D eigenvalue weighted by Gasteiger charge is -2.13. The normalized spacial score (nSPS) is 19.5. The number of sulfonamides is 1. The van der Waals surface area contributed by atoms with Crippen molar-refractivity contribution in [3.63, 3.8) is 0 Å². The Hall–Kier alpha value is -1.25. The summed E-state index contributed by atoms with van der Waals surface area (Å²) in [4.78, 5) is 10.9. The van der Waals surface area contributed by atoms with Crippen molar-refractivity contribution in [3.8, 4) is 0 Å². The van der Waals surface area contributed by atoms with Gasteiger partial charge in [0.15, 0.2) is 0 Å². The number of hydrogen-bond donors (Lipinski definition) is 3. The molecule has 1 aliphatic heterocycles. The maximum atomic E-state index is 12.2. The van der Waals surface area contributed by atoms with Crippen LogP contribution in [0.2, 0.25) is 0 Å². The number of aromatic carboxylic acids is 1. The van der Waals surface area contributed by atoms with Crippen LogP contribution in [0.3, 0.4) is 0 Å². The zero-order valence-corrected chi connectivity index (χ0v) is 11.6. The van der Waals surface area contributed by atoms with Crippen molar-refractivity contribution >= 4 is 33.4 Å². The molecule has 4 N–H and O–H groups in total. The van der Waals surface area contributed by atoms with E-state index in [4.69, 9.17) is 10.8 Å². The van der Waals surface area contributed by atoms with Crippen LogP contribution in [-0.2, 0) is 10.0 Å². The van der Waals surface area contributed by atoms with Gasteiger partial charge in [0.2, 0.25) is 10.0 Å². The summed E-state index contributed by atoms with van der Waals surface area (Å²) in [7, 11) is -3.84. The molecule has 0 aliphatic carbocycles. The van der Waals surface area contributed by atoms with Crippen LogP contribution in [0.1, 0.15) is 16.8 Å². The van der Waals surface area contributed by atoms with Crippen molar-refractivity contribution in [2.24, 2.45) is 0 Å². The fourth-order valence-corrected chi connectivity index (χ4v) is 4.57. The van der Waals surface area contributed by atoms with E-state index < -0.39 is 16.0 Å². The molecule has 1 aromatic carbocycles. The number of benzene rings is 1. The van der Waals surface area contributed by atoms with Gasteiger partial charge in [0, 0.05) is 17.5 Å². The zero-order valence-electron chi connectivity index (χ0n) is 10.00. The van der Waals surface area contributed by atoms with Gasteiger partial charge in [-0.1, -0.05) is 0 Å². The Morgan fingerprint density at radius 3 is 2.79 bits per heavy atom. The van der Waals surface area contributed by atoms with E-state index in [1.165, 1.54) is 12.1 Å². The van der Waals surface area contributed by atoms with Crippen molar-refractivity contribution in [2.45, 2.75) is 17.4 Å². The van der Waals surface area contributed by atoms with Crippen molar-refractivity contribution in [1.82, 2.24) is 4.72 Å². The Morgan fingerprint density at radius 1 is 1.47 bits per heavy atom. The number of rotatable bonds is 4. The van der Waals surface area contributed by atoms with Crippen LogP contribution in [0.15, 0.2) is 23.1 Å². The van der Waals surface area contributed by atoms with E-state index >= 15 is 0 Å². The molecule has 1 aromatic rings. The minimum absolute atomic E-state index is 0.144. The summed E-state index contributed by atoms with van der Waals surface area (Å²) in [5, 5.41) is 9.06. The molecule has 1 saturated heterocycles. The smallest absolute Gasteiger partial charge is 0.337 e. The van der Waals surface area contributed by atoms with Gasteiger partial charge in [-0.2, -0.15) is 11.8 Å². The highest BCUT2D eigenvalue weighted by molar-refractivity contribution is 7.99. The number of nitrogens with one attached hydrogen (secondary N) is 1. The van der Waals surface area contributed by atoms with Gasteiger partial charge in [0.1, 0.15) is 0 Å². The van der Waals surface area contributed by atoms with Crippen molar-refractivity contribution in [3.05, 3.63) is 23.8 Å². The molecule has 0 spiro atoms. The number of carboxylic acid groups (broad SMARTS) is 1. The summed E-state index contributed by atoms with van der Waals surface area (Å²) >= 11 is 1.67. The molecule has 1 fully saturated rings. The Balaban J connectivity index is 2.36. The van der Waals surface area contributed by atoms with Gasteiger partial charge in [0.25, 0.3) is 0 Å². The van der Waals surface area contributed by atoms with Crippen LogP contribution >= 0.6 is 11.8 Å². The van der Waals surface area contributed by atoms with Gasteiger partial charge in [-0.15, -0.1) is 0 Å². The number of carbonyl (C=O) groups is 1. The van der Waals surface area contributed by atoms with Crippen LogP contribution in [0.4, 0.5) is 5.69 Å². The monoisotopic (exact) mass is 302 g/mol. The van der Waals surface area contributed by atoms with Crippen molar-refractivity contribution in [1.29, 1.82) is 0 Å². The summed E-state index contributed by atoms with van der Waals surface area (Å²) in [5.74, 6) is 0.297. The maximum absolute atomic E-state index is 12.2. The molecule has 0 bridgehead atoms. The van der Waals surface area contributed by atoms with Crippen LogP contribution in [0, 0.1) is 0 Å². The number of thioether (sulfide) groups is 1. The number of nitrogens with two attached hydrogens (primary N) is 1. The molecule has 6 nitrogen and oxygen atoms in total. The minimum atomic E-state index is -3.84. The van der Waals surface area contributed by atoms with Crippen LogP contribution in [0.5, 0.6) is 0 Å². The van der Waals surface area contributed by atoms with Gasteiger partial charge in [-0.05, 0) is 30.4 Å². The Bertz CT molecular complexity index is 595. The number of anilines is 1.